The second-order valence-corrected chi connectivity index (χ2v) is 8.44. The summed E-state index contributed by atoms with van der Waals surface area (Å²) in [5.74, 6) is 0.597. The van der Waals surface area contributed by atoms with Gasteiger partial charge in [0.1, 0.15) is 0 Å². The van der Waals surface area contributed by atoms with E-state index in [1.807, 2.05) is 55.5 Å². The molecular formula is C23H22N4O2S. The van der Waals surface area contributed by atoms with Crippen LogP contribution in [0.4, 0.5) is 0 Å². The minimum Gasteiger partial charge on any atom is -0.376 e. The fourth-order valence-corrected chi connectivity index (χ4v) is 4.82. The molecule has 4 aromatic rings. The summed E-state index contributed by atoms with van der Waals surface area (Å²) in [5, 5.41) is 1.34. The third kappa shape index (κ3) is 3.70. The largest absolute Gasteiger partial charge is 0.376 e. The van der Waals surface area contributed by atoms with Gasteiger partial charge >= 0.3 is 0 Å². The van der Waals surface area contributed by atoms with Crippen molar-refractivity contribution in [1.29, 1.82) is 0 Å². The van der Waals surface area contributed by atoms with E-state index in [0.29, 0.717) is 22.8 Å². The summed E-state index contributed by atoms with van der Waals surface area (Å²) < 4.78 is 7.56. The Kier molecular flexibility index (Phi) is 5.23. The maximum atomic E-state index is 13.2. The Morgan fingerprint density at radius 3 is 2.53 bits per heavy atom. The fraction of sp³-hybridized carbons (Fsp3) is 0.304. The Morgan fingerprint density at radius 2 is 1.77 bits per heavy atom. The molecule has 0 saturated carbocycles. The average molecular weight is 419 g/mol. The van der Waals surface area contributed by atoms with Gasteiger partial charge in [-0.25, -0.2) is 15.0 Å². The molecule has 0 spiro atoms. The van der Waals surface area contributed by atoms with Gasteiger partial charge in [0, 0.05) is 12.4 Å². The molecule has 0 aliphatic carbocycles. The summed E-state index contributed by atoms with van der Waals surface area (Å²) >= 11 is 1.53. The minimum atomic E-state index is -0.0140. The highest BCUT2D eigenvalue weighted by Gasteiger charge is 2.20. The molecule has 1 fully saturated rings. The van der Waals surface area contributed by atoms with Gasteiger partial charge in [-0.3, -0.25) is 9.36 Å². The topological polar surface area (TPSA) is 69.9 Å². The minimum absolute atomic E-state index is 0.0140. The van der Waals surface area contributed by atoms with E-state index in [4.69, 9.17) is 14.7 Å². The molecule has 0 amide bonds. The highest BCUT2D eigenvalue weighted by molar-refractivity contribution is 7.98. The number of fused-ring (bicyclic) bond motifs is 2. The number of ether oxygens (including phenoxy) is 1. The monoisotopic (exact) mass is 418 g/mol. The van der Waals surface area contributed by atoms with E-state index < -0.39 is 0 Å². The zero-order valence-corrected chi connectivity index (χ0v) is 17.6. The smallest absolute Gasteiger partial charge is 0.262 e. The van der Waals surface area contributed by atoms with E-state index in [-0.39, 0.29) is 11.7 Å². The van der Waals surface area contributed by atoms with Gasteiger partial charge in [0.15, 0.2) is 5.16 Å². The van der Waals surface area contributed by atoms with E-state index in [2.05, 4.69) is 4.98 Å². The van der Waals surface area contributed by atoms with Crippen molar-refractivity contribution in [2.75, 3.05) is 6.61 Å². The van der Waals surface area contributed by atoms with E-state index in [1.165, 1.54) is 11.8 Å². The summed E-state index contributed by atoms with van der Waals surface area (Å²) in [6.07, 6.45) is 2.07. The van der Waals surface area contributed by atoms with Crippen LogP contribution in [-0.4, -0.2) is 32.2 Å². The van der Waals surface area contributed by atoms with Crippen LogP contribution in [0.1, 0.15) is 24.2 Å². The van der Waals surface area contributed by atoms with Crippen molar-refractivity contribution in [2.24, 2.45) is 0 Å². The molecule has 2 aromatic carbocycles. The van der Waals surface area contributed by atoms with Gasteiger partial charge in [0.05, 0.1) is 46.0 Å². The molecule has 152 valence electrons. The maximum absolute atomic E-state index is 13.2. The van der Waals surface area contributed by atoms with Gasteiger partial charge in [-0.1, -0.05) is 36.0 Å². The van der Waals surface area contributed by atoms with Crippen LogP contribution < -0.4 is 5.56 Å². The lowest BCUT2D eigenvalue weighted by Crippen LogP contribution is -2.28. The summed E-state index contributed by atoms with van der Waals surface area (Å²) in [5.41, 5.74) is 4.28. The fourth-order valence-electron chi connectivity index (χ4n) is 3.81. The quantitative estimate of drug-likeness (QED) is 0.359. The molecule has 0 unspecified atom stereocenters. The molecule has 2 aromatic heterocycles. The maximum Gasteiger partial charge on any atom is 0.262 e. The predicted octanol–water partition coefficient (Wildman–Crippen LogP) is 4.12. The van der Waals surface area contributed by atoms with Gasteiger partial charge < -0.3 is 4.74 Å². The lowest BCUT2D eigenvalue weighted by atomic mass is 10.2. The molecule has 1 aliphatic heterocycles. The van der Waals surface area contributed by atoms with Crippen LogP contribution in [0.2, 0.25) is 0 Å². The first-order valence-electron chi connectivity index (χ1n) is 10.2. The van der Waals surface area contributed by atoms with Crippen molar-refractivity contribution < 1.29 is 4.74 Å². The van der Waals surface area contributed by atoms with Crippen molar-refractivity contribution in [3.05, 3.63) is 70.3 Å². The van der Waals surface area contributed by atoms with Crippen molar-refractivity contribution in [3.8, 4) is 0 Å². The number of para-hydroxylation sites is 3. The van der Waals surface area contributed by atoms with Crippen molar-refractivity contribution >= 4 is 33.7 Å². The van der Waals surface area contributed by atoms with Crippen molar-refractivity contribution in [2.45, 2.75) is 43.3 Å². The lowest BCUT2D eigenvalue weighted by molar-refractivity contribution is 0.0937. The Balaban J connectivity index is 1.51. The first-order valence-corrected chi connectivity index (χ1v) is 11.1. The van der Waals surface area contributed by atoms with Gasteiger partial charge in [-0.05, 0) is 44.0 Å². The summed E-state index contributed by atoms with van der Waals surface area (Å²) in [4.78, 5) is 27.5. The zero-order chi connectivity index (χ0) is 20.5. The van der Waals surface area contributed by atoms with Crippen molar-refractivity contribution in [1.82, 2.24) is 19.5 Å². The third-order valence-corrected chi connectivity index (χ3v) is 6.41. The van der Waals surface area contributed by atoms with Crippen LogP contribution in [0.15, 0.2) is 58.5 Å². The summed E-state index contributed by atoms with van der Waals surface area (Å²) in [7, 11) is 0. The first-order chi connectivity index (χ1) is 14.7. The standard InChI is InChI=1S/C23H22N4O2S/c1-15-21(25-20-11-5-4-10-19(20)24-15)14-30-23-26-18-9-3-2-8-17(18)22(28)27(23)13-16-7-6-12-29-16/h2-5,8-11,16H,6-7,12-14H2,1H3/t16-/m0/s1. The number of hydrogen-bond acceptors (Lipinski definition) is 6. The predicted molar refractivity (Wildman–Crippen MR) is 119 cm³/mol. The van der Waals surface area contributed by atoms with Crippen LogP contribution in [0.3, 0.4) is 0 Å². The molecule has 6 nitrogen and oxygen atoms in total. The Bertz CT molecular complexity index is 1280. The summed E-state index contributed by atoms with van der Waals surface area (Å²) in [6.45, 7) is 3.26. The van der Waals surface area contributed by atoms with Crippen molar-refractivity contribution in [3.63, 3.8) is 0 Å². The molecule has 0 N–H and O–H groups in total. The molecule has 1 atom stereocenters. The second-order valence-electron chi connectivity index (χ2n) is 7.50. The van der Waals surface area contributed by atoms with Crippen LogP contribution in [0, 0.1) is 6.92 Å². The Hall–Kier alpha value is -2.77. The lowest BCUT2D eigenvalue weighted by Gasteiger charge is -2.16. The molecule has 0 radical (unpaired) electrons. The molecule has 0 bridgehead atoms. The van der Waals surface area contributed by atoms with Gasteiger partial charge in [-0.15, -0.1) is 0 Å². The SMILES string of the molecule is Cc1nc2ccccc2nc1CSc1nc2ccccc2c(=O)n1C[C@@H]1CCCO1. The van der Waals surface area contributed by atoms with E-state index in [1.54, 1.807) is 4.57 Å². The number of hydrogen-bond donors (Lipinski definition) is 0. The van der Waals surface area contributed by atoms with Gasteiger partial charge in [0.25, 0.3) is 5.56 Å². The molecule has 3 heterocycles. The van der Waals surface area contributed by atoms with Crippen LogP contribution in [0.25, 0.3) is 21.9 Å². The highest BCUT2D eigenvalue weighted by Crippen LogP contribution is 2.25. The molecule has 1 saturated heterocycles. The number of benzene rings is 2. The first kappa shape index (κ1) is 19.2. The number of aryl methyl sites for hydroxylation is 1. The van der Waals surface area contributed by atoms with Crippen LogP contribution in [-0.2, 0) is 17.0 Å². The van der Waals surface area contributed by atoms with E-state index >= 15 is 0 Å². The van der Waals surface area contributed by atoms with Crippen LogP contribution in [0.5, 0.6) is 0 Å². The molecule has 7 heteroatoms. The molecule has 1 aliphatic rings. The van der Waals surface area contributed by atoms with Crippen LogP contribution >= 0.6 is 11.8 Å². The normalized spacial score (nSPS) is 16.5. The third-order valence-electron chi connectivity index (χ3n) is 5.42. The second kappa shape index (κ2) is 8.16. The highest BCUT2D eigenvalue weighted by atomic mass is 32.2. The zero-order valence-electron chi connectivity index (χ0n) is 16.7. The van der Waals surface area contributed by atoms with E-state index in [0.717, 1.165) is 47.4 Å². The number of thioether (sulfide) groups is 1. The molecule has 30 heavy (non-hydrogen) atoms. The number of nitrogens with zero attached hydrogens (tertiary/aromatic N) is 4. The van der Waals surface area contributed by atoms with Gasteiger partial charge in [0.2, 0.25) is 0 Å². The Labute approximate surface area is 178 Å². The Morgan fingerprint density at radius 1 is 1.03 bits per heavy atom. The van der Waals surface area contributed by atoms with Gasteiger partial charge in [-0.2, -0.15) is 0 Å². The van der Waals surface area contributed by atoms with E-state index in [9.17, 15) is 4.79 Å². The summed E-state index contributed by atoms with van der Waals surface area (Å²) in [6, 6.07) is 15.4. The molecule has 5 rings (SSSR count). The number of aromatic nitrogens is 4. The average Bonchev–Trinajstić information content (AvgIpc) is 3.28. The molecular weight excluding hydrogens is 396 g/mol. The number of rotatable bonds is 5.